The number of urea groups is 1. The summed E-state index contributed by atoms with van der Waals surface area (Å²) in [5.74, 6) is 0.252. The van der Waals surface area contributed by atoms with Gasteiger partial charge in [-0.15, -0.1) is 0 Å². The van der Waals surface area contributed by atoms with Gasteiger partial charge in [-0.1, -0.05) is 0 Å². The first kappa shape index (κ1) is 13.0. The smallest absolute Gasteiger partial charge is 0.319 e. The summed E-state index contributed by atoms with van der Waals surface area (Å²) in [6.07, 6.45) is 0. The lowest BCUT2D eigenvalue weighted by molar-refractivity contribution is -0.118. The first-order valence-corrected chi connectivity index (χ1v) is 5.89. The van der Waals surface area contributed by atoms with Gasteiger partial charge in [0.05, 0.1) is 17.1 Å². The fourth-order valence-corrected chi connectivity index (χ4v) is 1.67. The number of fused-ring (bicyclic) bond motifs is 1. The van der Waals surface area contributed by atoms with Crippen LogP contribution in [0.4, 0.5) is 21.9 Å². The second-order valence-corrected chi connectivity index (χ2v) is 4.53. The van der Waals surface area contributed by atoms with Crippen LogP contribution in [0.5, 0.6) is 5.75 Å². The number of hydrogen-bond acceptors (Lipinski definition) is 4. The number of benzene rings is 1. The van der Waals surface area contributed by atoms with Gasteiger partial charge >= 0.3 is 6.03 Å². The van der Waals surface area contributed by atoms with E-state index >= 15 is 0 Å². The Balaban J connectivity index is 2.19. The van der Waals surface area contributed by atoms with Crippen molar-refractivity contribution < 1.29 is 14.3 Å². The quantitative estimate of drug-likeness (QED) is 0.601. The number of amides is 3. The van der Waals surface area contributed by atoms with Crippen molar-refractivity contribution in [1.82, 2.24) is 5.32 Å². The zero-order chi connectivity index (χ0) is 14.0. The molecule has 1 aromatic rings. The van der Waals surface area contributed by atoms with Crippen LogP contribution >= 0.6 is 0 Å². The van der Waals surface area contributed by atoms with Gasteiger partial charge in [0, 0.05) is 12.1 Å². The minimum absolute atomic E-state index is 0.0156. The molecule has 0 fully saturated rings. The van der Waals surface area contributed by atoms with E-state index in [2.05, 4.69) is 16.0 Å². The van der Waals surface area contributed by atoms with E-state index in [1.54, 1.807) is 12.1 Å². The summed E-state index contributed by atoms with van der Waals surface area (Å²) in [7, 11) is 0. The average Bonchev–Trinajstić information content (AvgIpc) is 2.29. The number of nitrogen functional groups attached to an aromatic ring is 1. The van der Waals surface area contributed by atoms with Crippen molar-refractivity contribution in [1.29, 1.82) is 0 Å². The maximum absolute atomic E-state index is 11.6. The molecule has 1 aliphatic heterocycles. The maximum Gasteiger partial charge on any atom is 0.319 e. The Morgan fingerprint density at radius 2 is 2.21 bits per heavy atom. The van der Waals surface area contributed by atoms with Gasteiger partial charge in [0.1, 0.15) is 5.75 Å². The van der Waals surface area contributed by atoms with Crippen LogP contribution in [0, 0.1) is 0 Å². The number of rotatable bonds is 2. The summed E-state index contributed by atoms with van der Waals surface area (Å²) in [6.45, 7) is 3.67. The van der Waals surface area contributed by atoms with Gasteiger partial charge in [-0.25, -0.2) is 4.79 Å². The molecule has 7 nitrogen and oxygen atoms in total. The second kappa shape index (κ2) is 5.05. The molecule has 1 aliphatic rings. The first-order chi connectivity index (χ1) is 8.95. The Morgan fingerprint density at radius 1 is 1.47 bits per heavy atom. The highest BCUT2D eigenvalue weighted by Crippen LogP contribution is 2.35. The number of carbonyl (C=O) groups excluding carboxylic acids is 2. The highest BCUT2D eigenvalue weighted by molar-refractivity contribution is 5.99. The molecule has 0 atom stereocenters. The van der Waals surface area contributed by atoms with Gasteiger partial charge in [0.15, 0.2) is 6.61 Å². The summed E-state index contributed by atoms with van der Waals surface area (Å²) >= 11 is 0. The van der Waals surface area contributed by atoms with Gasteiger partial charge in [-0.2, -0.15) is 0 Å². The normalized spacial score (nSPS) is 13.3. The molecule has 5 N–H and O–H groups in total. The Morgan fingerprint density at radius 3 is 2.89 bits per heavy atom. The number of nitrogens with two attached hydrogens (primary N) is 1. The number of ether oxygens (including phenoxy) is 1. The van der Waals surface area contributed by atoms with Crippen LogP contribution in [0.2, 0.25) is 0 Å². The zero-order valence-electron chi connectivity index (χ0n) is 10.7. The van der Waals surface area contributed by atoms with Crippen LogP contribution in [0.15, 0.2) is 12.1 Å². The van der Waals surface area contributed by atoms with Crippen LogP contribution in [0.25, 0.3) is 0 Å². The zero-order valence-corrected chi connectivity index (χ0v) is 10.7. The molecule has 0 bridgehead atoms. The SMILES string of the molecule is CC(C)NC(=O)Nc1cc2c(cc1N)OCC(=O)N2. The van der Waals surface area contributed by atoms with E-state index in [0.717, 1.165) is 0 Å². The lowest BCUT2D eigenvalue weighted by Gasteiger charge is -2.20. The number of hydrogen-bond donors (Lipinski definition) is 4. The highest BCUT2D eigenvalue weighted by atomic mass is 16.5. The molecule has 0 unspecified atom stereocenters. The third-order valence-electron chi connectivity index (χ3n) is 2.45. The number of carbonyl (C=O) groups is 2. The molecule has 0 aromatic heterocycles. The predicted octanol–water partition coefficient (Wildman–Crippen LogP) is 1.13. The minimum atomic E-state index is -0.357. The molecule has 3 amide bonds. The van der Waals surface area contributed by atoms with Crippen molar-refractivity contribution >= 4 is 29.0 Å². The molecule has 1 heterocycles. The third-order valence-corrected chi connectivity index (χ3v) is 2.45. The molecule has 1 aromatic carbocycles. The van der Waals surface area contributed by atoms with E-state index in [0.29, 0.717) is 22.8 Å². The molecule has 0 saturated heterocycles. The standard InChI is InChI=1S/C12H16N4O3/c1-6(2)14-12(18)16-8-4-9-10(3-7(8)13)19-5-11(17)15-9/h3-4,6H,5,13H2,1-2H3,(H,15,17)(H2,14,16,18). The predicted molar refractivity (Wildman–Crippen MR) is 72.3 cm³/mol. The van der Waals surface area contributed by atoms with Gasteiger partial charge in [-0.05, 0) is 19.9 Å². The molecule has 0 aliphatic carbocycles. The second-order valence-electron chi connectivity index (χ2n) is 4.53. The van der Waals surface area contributed by atoms with Crippen molar-refractivity contribution in [2.24, 2.45) is 0 Å². The van der Waals surface area contributed by atoms with Gasteiger partial charge in [-0.3, -0.25) is 4.79 Å². The minimum Gasteiger partial charge on any atom is -0.482 e. The summed E-state index contributed by atoms with van der Waals surface area (Å²) in [4.78, 5) is 22.8. The van der Waals surface area contributed by atoms with Crippen LogP contribution in [0.3, 0.4) is 0 Å². The Kier molecular flexibility index (Phi) is 3.46. The van der Waals surface area contributed by atoms with E-state index < -0.39 is 0 Å². The molecule has 0 spiro atoms. The van der Waals surface area contributed by atoms with Crippen molar-refractivity contribution in [3.8, 4) is 5.75 Å². The molecule has 2 rings (SSSR count). The molecule has 7 heteroatoms. The Bertz CT molecular complexity index is 528. The van der Waals surface area contributed by atoms with Gasteiger partial charge in [0.2, 0.25) is 0 Å². The molecule has 102 valence electrons. The fourth-order valence-electron chi connectivity index (χ4n) is 1.67. The van der Waals surface area contributed by atoms with Crippen LogP contribution in [0.1, 0.15) is 13.8 Å². The van der Waals surface area contributed by atoms with Gasteiger partial charge in [0.25, 0.3) is 5.91 Å². The first-order valence-electron chi connectivity index (χ1n) is 5.89. The maximum atomic E-state index is 11.6. The fraction of sp³-hybridized carbons (Fsp3) is 0.333. The van der Waals surface area contributed by atoms with Crippen LogP contribution in [-0.4, -0.2) is 24.6 Å². The largest absolute Gasteiger partial charge is 0.482 e. The van der Waals surface area contributed by atoms with Crippen molar-refractivity contribution in [2.45, 2.75) is 19.9 Å². The van der Waals surface area contributed by atoms with E-state index in [1.165, 1.54) is 0 Å². The Labute approximate surface area is 110 Å². The summed E-state index contributed by atoms with van der Waals surface area (Å²) < 4.78 is 5.22. The van der Waals surface area contributed by atoms with Crippen molar-refractivity contribution in [3.05, 3.63) is 12.1 Å². The molecule has 19 heavy (non-hydrogen) atoms. The molecular weight excluding hydrogens is 248 g/mol. The van der Waals surface area contributed by atoms with E-state index in [4.69, 9.17) is 10.5 Å². The van der Waals surface area contributed by atoms with Crippen molar-refractivity contribution in [3.63, 3.8) is 0 Å². The van der Waals surface area contributed by atoms with E-state index in [-0.39, 0.29) is 24.6 Å². The lowest BCUT2D eigenvalue weighted by atomic mass is 10.2. The van der Waals surface area contributed by atoms with Gasteiger partial charge < -0.3 is 26.4 Å². The third kappa shape index (κ3) is 3.06. The van der Waals surface area contributed by atoms with Crippen molar-refractivity contribution in [2.75, 3.05) is 23.0 Å². The van der Waals surface area contributed by atoms with E-state index in [9.17, 15) is 9.59 Å². The van der Waals surface area contributed by atoms with Crippen LogP contribution < -0.4 is 26.4 Å². The summed E-state index contributed by atoms with van der Waals surface area (Å²) in [5.41, 5.74) is 7.10. The topological polar surface area (TPSA) is 105 Å². The number of anilines is 3. The monoisotopic (exact) mass is 264 g/mol. The lowest BCUT2D eigenvalue weighted by Crippen LogP contribution is -2.34. The Hall–Kier alpha value is -2.44. The van der Waals surface area contributed by atoms with Crippen LogP contribution in [-0.2, 0) is 4.79 Å². The summed E-state index contributed by atoms with van der Waals surface area (Å²) in [5, 5.41) is 7.96. The summed E-state index contributed by atoms with van der Waals surface area (Å²) in [6, 6.07) is 2.80. The highest BCUT2D eigenvalue weighted by Gasteiger charge is 2.18. The van der Waals surface area contributed by atoms with E-state index in [1.807, 2.05) is 13.8 Å². The average molecular weight is 264 g/mol. The number of nitrogens with one attached hydrogen (secondary N) is 3. The molecule has 0 saturated carbocycles. The molecule has 0 radical (unpaired) electrons. The molecular formula is C12H16N4O3.